The first-order valence-electron chi connectivity index (χ1n) is 6.61. The molecule has 0 heterocycles. The van der Waals surface area contributed by atoms with Gasteiger partial charge in [-0.1, -0.05) is 22.0 Å². The maximum absolute atomic E-state index is 12.0. The van der Waals surface area contributed by atoms with Crippen molar-refractivity contribution in [2.75, 3.05) is 24.3 Å². The lowest BCUT2D eigenvalue weighted by Gasteiger charge is -2.11. The Morgan fingerprint density at radius 3 is 2.74 bits per heavy atom. The number of rotatable bonds is 6. The van der Waals surface area contributed by atoms with Gasteiger partial charge in [0.05, 0.1) is 24.3 Å². The number of amides is 1. The summed E-state index contributed by atoms with van der Waals surface area (Å²) < 4.78 is 5.97. The van der Waals surface area contributed by atoms with Gasteiger partial charge in [0.2, 0.25) is 5.91 Å². The molecule has 0 aliphatic heterocycles. The summed E-state index contributed by atoms with van der Waals surface area (Å²) in [5.74, 6) is 0.141. The topological polar surface area (TPSA) is 93.5 Å². The van der Waals surface area contributed by atoms with Crippen molar-refractivity contribution >= 4 is 38.9 Å². The fraction of sp³-hybridized carbons (Fsp3) is 0.133. The predicted octanol–water partition coefficient (Wildman–Crippen LogP) is 3.42. The molecule has 0 spiro atoms. The maximum Gasteiger partial charge on any atom is 0.271 e. The molecule has 2 N–H and O–H groups in total. The Balaban J connectivity index is 2.03. The fourth-order valence-corrected chi connectivity index (χ4v) is 2.29. The molecule has 120 valence electrons. The molecule has 0 aromatic heterocycles. The van der Waals surface area contributed by atoms with E-state index in [9.17, 15) is 14.9 Å². The Morgan fingerprint density at radius 1 is 1.30 bits per heavy atom. The molecule has 7 nitrogen and oxygen atoms in total. The maximum atomic E-state index is 12.0. The highest BCUT2D eigenvalue weighted by atomic mass is 79.9. The summed E-state index contributed by atoms with van der Waals surface area (Å²) in [6, 6.07) is 11.3. The zero-order valence-corrected chi connectivity index (χ0v) is 13.8. The van der Waals surface area contributed by atoms with Crippen LogP contribution in [0.4, 0.5) is 17.1 Å². The molecule has 8 heteroatoms. The molecule has 1 amide bonds. The van der Waals surface area contributed by atoms with E-state index in [1.807, 2.05) is 6.07 Å². The number of anilines is 2. The highest BCUT2D eigenvalue weighted by molar-refractivity contribution is 9.10. The Morgan fingerprint density at radius 2 is 2.09 bits per heavy atom. The van der Waals surface area contributed by atoms with E-state index in [1.165, 1.54) is 25.3 Å². The van der Waals surface area contributed by atoms with Gasteiger partial charge in [0.15, 0.2) is 0 Å². The Hall–Kier alpha value is -2.61. The standard InChI is InChI=1S/C15H14BrN3O4/c1-23-14-6-5-12(19(21)22)8-13(14)17-9-15(20)18-11-4-2-3-10(16)7-11/h2-8,17H,9H2,1H3,(H,18,20). The smallest absolute Gasteiger partial charge is 0.271 e. The average Bonchev–Trinajstić information content (AvgIpc) is 2.52. The molecule has 0 saturated carbocycles. The number of hydrogen-bond donors (Lipinski definition) is 2. The minimum atomic E-state index is -0.508. The van der Waals surface area contributed by atoms with Gasteiger partial charge in [-0.3, -0.25) is 14.9 Å². The number of methoxy groups -OCH3 is 1. The molecule has 0 fully saturated rings. The summed E-state index contributed by atoms with van der Waals surface area (Å²) in [4.78, 5) is 22.3. The fourth-order valence-electron chi connectivity index (χ4n) is 1.89. The monoisotopic (exact) mass is 379 g/mol. The van der Waals surface area contributed by atoms with E-state index in [2.05, 4.69) is 26.6 Å². The second kappa shape index (κ2) is 7.59. The van der Waals surface area contributed by atoms with Crippen LogP contribution in [0.15, 0.2) is 46.9 Å². The molecule has 23 heavy (non-hydrogen) atoms. The number of benzene rings is 2. The number of ether oxygens (including phenoxy) is 1. The summed E-state index contributed by atoms with van der Waals surface area (Å²) in [6.45, 7) is -0.0515. The summed E-state index contributed by atoms with van der Waals surface area (Å²) >= 11 is 3.32. The number of hydrogen-bond acceptors (Lipinski definition) is 5. The van der Waals surface area contributed by atoms with Crippen LogP contribution in [0.25, 0.3) is 0 Å². The van der Waals surface area contributed by atoms with Crippen LogP contribution < -0.4 is 15.4 Å². The summed E-state index contributed by atoms with van der Waals surface area (Å²) in [7, 11) is 1.45. The van der Waals surface area contributed by atoms with Crippen molar-refractivity contribution in [3.63, 3.8) is 0 Å². The lowest BCUT2D eigenvalue weighted by atomic mass is 10.2. The van der Waals surface area contributed by atoms with E-state index in [1.54, 1.807) is 18.2 Å². The van der Waals surface area contributed by atoms with Crippen LogP contribution in [0, 0.1) is 10.1 Å². The number of nitrogens with one attached hydrogen (secondary N) is 2. The van der Waals surface area contributed by atoms with Gasteiger partial charge in [-0.05, 0) is 24.3 Å². The van der Waals surface area contributed by atoms with Gasteiger partial charge in [-0.15, -0.1) is 0 Å². The van der Waals surface area contributed by atoms with Crippen molar-refractivity contribution in [3.8, 4) is 5.75 Å². The number of carbonyl (C=O) groups excluding carboxylic acids is 1. The van der Waals surface area contributed by atoms with E-state index in [0.717, 1.165) is 4.47 Å². The molecule has 2 rings (SSSR count). The zero-order chi connectivity index (χ0) is 16.8. The van der Waals surface area contributed by atoms with Crippen LogP contribution >= 0.6 is 15.9 Å². The van der Waals surface area contributed by atoms with Crippen molar-refractivity contribution in [3.05, 3.63) is 57.1 Å². The van der Waals surface area contributed by atoms with E-state index < -0.39 is 4.92 Å². The number of non-ortho nitro benzene ring substituents is 1. The van der Waals surface area contributed by atoms with Crippen molar-refractivity contribution in [1.29, 1.82) is 0 Å². The molecule has 0 aliphatic carbocycles. The minimum absolute atomic E-state index is 0.0515. The molecule has 0 atom stereocenters. The Labute approximate surface area is 140 Å². The summed E-state index contributed by atoms with van der Waals surface area (Å²) in [5, 5.41) is 16.4. The SMILES string of the molecule is COc1ccc([N+](=O)[O-])cc1NCC(=O)Nc1cccc(Br)c1. The molecular weight excluding hydrogens is 366 g/mol. The van der Waals surface area contributed by atoms with Gasteiger partial charge in [-0.2, -0.15) is 0 Å². The van der Waals surface area contributed by atoms with Gasteiger partial charge in [-0.25, -0.2) is 0 Å². The number of halogens is 1. The van der Waals surface area contributed by atoms with Crippen molar-refractivity contribution in [2.45, 2.75) is 0 Å². The third-order valence-corrected chi connectivity index (χ3v) is 3.43. The van der Waals surface area contributed by atoms with E-state index in [-0.39, 0.29) is 18.1 Å². The van der Waals surface area contributed by atoms with Crippen LogP contribution in [0.5, 0.6) is 5.75 Å². The van der Waals surface area contributed by atoms with Gasteiger partial charge in [0, 0.05) is 22.3 Å². The Kier molecular flexibility index (Phi) is 5.53. The molecule has 2 aromatic carbocycles. The molecule has 0 aliphatic rings. The first kappa shape index (κ1) is 16.8. The minimum Gasteiger partial charge on any atom is -0.495 e. The molecule has 0 saturated heterocycles. The van der Waals surface area contributed by atoms with Crippen LogP contribution in [0.3, 0.4) is 0 Å². The van der Waals surface area contributed by atoms with Gasteiger partial charge in [0.25, 0.3) is 5.69 Å². The lowest BCUT2D eigenvalue weighted by molar-refractivity contribution is -0.384. The quantitative estimate of drug-likeness (QED) is 0.592. The first-order chi connectivity index (χ1) is 11.0. The second-order valence-corrected chi connectivity index (χ2v) is 5.47. The van der Waals surface area contributed by atoms with Crippen LogP contribution in [-0.2, 0) is 4.79 Å². The number of nitro benzene ring substituents is 1. The zero-order valence-electron chi connectivity index (χ0n) is 12.2. The third-order valence-electron chi connectivity index (χ3n) is 2.94. The predicted molar refractivity (Wildman–Crippen MR) is 90.9 cm³/mol. The summed E-state index contributed by atoms with van der Waals surface area (Å²) in [6.07, 6.45) is 0. The third kappa shape index (κ3) is 4.68. The highest BCUT2D eigenvalue weighted by Gasteiger charge is 2.12. The molecule has 0 bridgehead atoms. The lowest BCUT2D eigenvalue weighted by Crippen LogP contribution is -2.22. The van der Waals surface area contributed by atoms with Crippen molar-refractivity contribution < 1.29 is 14.5 Å². The van der Waals surface area contributed by atoms with E-state index in [0.29, 0.717) is 17.1 Å². The largest absolute Gasteiger partial charge is 0.495 e. The average molecular weight is 380 g/mol. The van der Waals surface area contributed by atoms with Crippen molar-refractivity contribution in [1.82, 2.24) is 0 Å². The second-order valence-electron chi connectivity index (χ2n) is 4.55. The number of nitro groups is 1. The molecule has 0 radical (unpaired) electrons. The van der Waals surface area contributed by atoms with E-state index >= 15 is 0 Å². The van der Waals surface area contributed by atoms with Gasteiger partial charge >= 0.3 is 0 Å². The van der Waals surface area contributed by atoms with E-state index in [4.69, 9.17) is 4.74 Å². The van der Waals surface area contributed by atoms with Crippen LogP contribution in [0.1, 0.15) is 0 Å². The Bertz CT molecular complexity index is 736. The molecule has 0 unspecified atom stereocenters. The van der Waals surface area contributed by atoms with Crippen molar-refractivity contribution in [2.24, 2.45) is 0 Å². The summed E-state index contributed by atoms with van der Waals surface area (Å²) in [5.41, 5.74) is 0.948. The number of nitrogens with zero attached hydrogens (tertiary/aromatic N) is 1. The first-order valence-corrected chi connectivity index (χ1v) is 7.40. The van der Waals surface area contributed by atoms with Gasteiger partial charge < -0.3 is 15.4 Å². The molecular formula is C15H14BrN3O4. The van der Waals surface area contributed by atoms with Crippen LogP contribution in [-0.4, -0.2) is 24.5 Å². The number of carbonyl (C=O) groups is 1. The normalized spacial score (nSPS) is 10.0. The van der Waals surface area contributed by atoms with Crippen LogP contribution in [0.2, 0.25) is 0 Å². The highest BCUT2D eigenvalue weighted by Crippen LogP contribution is 2.28. The molecule has 2 aromatic rings. The van der Waals surface area contributed by atoms with Gasteiger partial charge in [0.1, 0.15) is 5.75 Å².